The smallest absolute Gasteiger partial charge is 0.336 e. The maximum absolute atomic E-state index is 11.5. The van der Waals surface area contributed by atoms with Gasteiger partial charge in [-0.25, -0.2) is 4.79 Å². The third-order valence-corrected chi connectivity index (χ3v) is 4.11. The van der Waals surface area contributed by atoms with Gasteiger partial charge in [0.05, 0.1) is 13.7 Å². The number of phenols is 1. The van der Waals surface area contributed by atoms with E-state index in [0.717, 1.165) is 6.07 Å². The fraction of sp³-hybridized carbons (Fsp3) is 0.438. The molecule has 0 radical (unpaired) electrons. The molecule has 10 heteroatoms. The lowest BCUT2D eigenvalue weighted by Crippen LogP contribution is -2.60. The first kappa shape index (κ1) is 18.4. The molecular weight excluding hydrogens is 352 g/mol. The molecule has 2 heterocycles. The molecule has 1 aromatic heterocycles. The van der Waals surface area contributed by atoms with Crippen molar-refractivity contribution in [1.82, 2.24) is 0 Å². The van der Waals surface area contributed by atoms with Crippen molar-refractivity contribution in [2.24, 2.45) is 0 Å². The summed E-state index contributed by atoms with van der Waals surface area (Å²) in [7, 11) is 1.30. The lowest BCUT2D eigenvalue weighted by molar-refractivity contribution is -0.277. The highest BCUT2D eigenvalue weighted by Gasteiger charge is 2.45. The summed E-state index contributed by atoms with van der Waals surface area (Å²) < 4.78 is 20.8. The first-order chi connectivity index (χ1) is 12.4. The minimum atomic E-state index is -1.70. The molecule has 0 aliphatic carbocycles. The number of methoxy groups -OCH3 is 1. The Bertz CT molecular complexity index is 845. The van der Waals surface area contributed by atoms with Crippen LogP contribution in [0.15, 0.2) is 27.4 Å². The van der Waals surface area contributed by atoms with E-state index in [0.29, 0.717) is 5.39 Å². The molecule has 142 valence electrons. The van der Waals surface area contributed by atoms with Crippen molar-refractivity contribution in [3.8, 4) is 17.2 Å². The van der Waals surface area contributed by atoms with E-state index in [-0.39, 0.29) is 17.1 Å². The van der Waals surface area contributed by atoms with Crippen LogP contribution in [0, 0.1) is 0 Å². The van der Waals surface area contributed by atoms with Crippen molar-refractivity contribution in [1.29, 1.82) is 0 Å². The van der Waals surface area contributed by atoms with Gasteiger partial charge in [0.15, 0.2) is 11.3 Å². The predicted octanol–water partition coefficient (Wildman–Crippen LogP) is -1.31. The monoisotopic (exact) mass is 370 g/mol. The molecule has 3 rings (SSSR count). The third-order valence-electron chi connectivity index (χ3n) is 4.11. The minimum absolute atomic E-state index is 0.00550. The van der Waals surface area contributed by atoms with Crippen LogP contribution in [0.1, 0.15) is 0 Å². The number of hydrogen-bond donors (Lipinski definition) is 5. The van der Waals surface area contributed by atoms with Gasteiger partial charge < -0.3 is 44.2 Å². The Labute approximate surface area is 146 Å². The van der Waals surface area contributed by atoms with Crippen molar-refractivity contribution in [3.05, 3.63) is 28.6 Å². The van der Waals surface area contributed by atoms with E-state index in [9.17, 15) is 30.3 Å². The van der Waals surface area contributed by atoms with Gasteiger partial charge in [0.2, 0.25) is 17.8 Å². The third kappa shape index (κ3) is 3.08. The summed E-state index contributed by atoms with van der Waals surface area (Å²) in [5, 5.41) is 49.6. The van der Waals surface area contributed by atoms with Crippen LogP contribution in [-0.4, -0.2) is 70.0 Å². The molecule has 1 aromatic carbocycles. The quantitative estimate of drug-likeness (QED) is 0.409. The molecular formula is C16H18O10. The number of hydrogen-bond acceptors (Lipinski definition) is 10. The van der Waals surface area contributed by atoms with Crippen LogP contribution in [0.2, 0.25) is 0 Å². The molecule has 0 bridgehead atoms. The van der Waals surface area contributed by atoms with Crippen LogP contribution in [0.4, 0.5) is 0 Å². The summed E-state index contributed by atoms with van der Waals surface area (Å²) in [4.78, 5) is 11.5. The Morgan fingerprint density at radius 3 is 2.54 bits per heavy atom. The molecule has 0 spiro atoms. The van der Waals surface area contributed by atoms with E-state index < -0.39 is 48.7 Å². The molecule has 5 atom stereocenters. The summed E-state index contributed by atoms with van der Waals surface area (Å²) in [5.41, 5.74) is -0.839. The van der Waals surface area contributed by atoms with Gasteiger partial charge in [-0.1, -0.05) is 0 Å². The van der Waals surface area contributed by atoms with E-state index in [1.54, 1.807) is 0 Å². The second-order valence-electron chi connectivity index (χ2n) is 5.74. The summed E-state index contributed by atoms with van der Waals surface area (Å²) in [6.45, 7) is -0.648. The number of aliphatic hydroxyl groups excluding tert-OH is 4. The Morgan fingerprint density at radius 1 is 1.15 bits per heavy atom. The molecule has 0 saturated carbocycles. The average molecular weight is 370 g/mol. The van der Waals surface area contributed by atoms with Gasteiger partial charge in [0, 0.05) is 11.5 Å². The average Bonchev–Trinajstić information content (AvgIpc) is 2.64. The standard InChI is InChI=1S/C16H18O10/c1-23-7-4-6-2-3-9(18)25-14(6)15(11(7)20)26-16-13(22)12(21)10(19)8(5-17)24-16/h2-4,8,10,12-13,16-17,19-22H,5H2,1H3/t8-,10?,12+,13?,16+/m1/s1. The van der Waals surface area contributed by atoms with E-state index in [2.05, 4.69) is 0 Å². The summed E-state index contributed by atoms with van der Waals surface area (Å²) in [6, 6.07) is 3.99. The number of aliphatic hydroxyl groups is 4. The predicted molar refractivity (Wildman–Crippen MR) is 85.1 cm³/mol. The van der Waals surface area contributed by atoms with Gasteiger partial charge in [0.25, 0.3) is 0 Å². The Balaban J connectivity index is 2.06. The number of fused-ring (bicyclic) bond motifs is 1. The van der Waals surface area contributed by atoms with Crippen LogP contribution in [0.25, 0.3) is 11.0 Å². The van der Waals surface area contributed by atoms with Crippen molar-refractivity contribution in [3.63, 3.8) is 0 Å². The normalized spacial score (nSPS) is 28.9. The number of aromatic hydroxyl groups is 1. The van der Waals surface area contributed by atoms with Crippen LogP contribution < -0.4 is 15.1 Å². The zero-order valence-corrected chi connectivity index (χ0v) is 13.6. The molecule has 10 nitrogen and oxygen atoms in total. The highest BCUT2D eigenvalue weighted by Crippen LogP contribution is 2.43. The molecule has 5 N–H and O–H groups in total. The molecule has 1 aliphatic rings. The number of benzene rings is 1. The first-order valence-corrected chi connectivity index (χ1v) is 7.68. The highest BCUT2D eigenvalue weighted by atomic mass is 16.7. The van der Waals surface area contributed by atoms with Crippen LogP contribution >= 0.6 is 0 Å². The van der Waals surface area contributed by atoms with Crippen molar-refractivity contribution in [2.45, 2.75) is 30.7 Å². The summed E-state index contributed by atoms with van der Waals surface area (Å²) in [6.07, 6.45) is -7.72. The first-order valence-electron chi connectivity index (χ1n) is 7.68. The van der Waals surface area contributed by atoms with Gasteiger partial charge >= 0.3 is 5.63 Å². The van der Waals surface area contributed by atoms with Crippen molar-refractivity contribution < 1.29 is 44.2 Å². The van der Waals surface area contributed by atoms with Crippen molar-refractivity contribution >= 4 is 11.0 Å². The fourth-order valence-corrected chi connectivity index (χ4v) is 2.69. The van der Waals surface area contributed by atoms with E-state index in [1.807, 2.05) is 0 Å². The topological polar surface area (TPSA) is 159 Å². The summed E-state index contributed by atoms with van der Waals surface area (Å²) in [5.74, 6) is -0.876. The minimum Gasteiger partial charge on any atom is -0.502 e. The second kappa shape index (κ2) is 7.09. The molecule has 2 aromatic rings. The highest BCUT2D eigenvalue weighted by molar-refractivity contribution is 5.87. The van der Waals surface area contributed by atoms with Crippen molar-refractivity contribution in [2.75, 3.05) is 13.7 Å². The maximum Gasteiger partial charge on any atom is 0.336 e. The molecule has 1 saturated heterocycles. The zero-order chi connectivity index (χ0) is 19.0. The number of ether oxygens (including phenoxy) is 3. The fourth-order valence-electron chi connectivity index (χ4n) is 2.69. The molecule has 0 amide bonds. The Hall–Kier alpha value is -2.37. The molecule has 1 aliphatic heterocycles. The number of rotatable bonds is 4. The molecule has 1 fully saturated rings. The summed E-state index contributed by atoms with van der Waals surface area (Å²) >= 11 is 0. The van der Waals surface area contributed by atoms with Crippen LogP contribution in [-0.2, 0) is 4.74 Å². The number of phenolic OH excluding ortho intramolecular Hbond substituents is 1. The second-order valence-corrected chi connectivity index (χ2v) is 5.74. The Morgan fingerprint density at radius 2 is 1.88 bits per heavy atom. The van der Waals surface area contributed by atoms with E-state index >= 15 is 0 Å². The van der Waals surface area contributed by atoms with Gasteiger partial charge in [-0.2, -0.15) is 0 Å². The Kier molecular flexibility index (Phi) is 5.03. The van der Waals surface area contributed by atoms with Gasteiger partial charge in [-0.3, -0.25) is 0 Å². The lowest BCUT2D eigenvalue weighted by atomic mass is 9.99. The zero-order valence-electron chi connectivity index (χ0n) is 13.6. The SMILES string of the molecule is COc1cc2ccc(=O)oc2c(O[C@@H]2O[C@H](CO)C(O)[C@H](O)C2O)c1O. The van der Waals surface area contributed by atoms with E-state index in [4.69, 9.17) is 18.6 Å². The van der Waals surface area contributed by atoms with E-state index in [1.165, 1.54) is 19.2 Å². The van der Waals surface area contributed by atoms with Gasteiger partial charge in [-0.15, -0.1) is 0 Å². The van der Waals surface area contributed by atoms with Gasteiger partial charge in [-0.05, 0) is 12.1 Å². The van der Waals surface area contributed by atoms with Crippen LogP contribution in [0.5, 0.6) is 17.2 Å². The molecule has 26 heavy (non-hydrogen) atoms. The van der Waals surface area contributed by atoms with Gasteiger partial charge in [0.1, 0.15) is 24.4 Å². The lowest BCUT2D eigenvalue weighted by Gasteiger charge is -2.39. The van der Waals surface area contributed by atoms with Crippen LogP contribution in [0.3, 0.4) is 0 Å². The largest absolute Gasteiger partial charge is 0.502 e. The maximum atomic E-state index is 11.5. The molecule has 2 unspecified atom stereocenters.